The quantitative estimate of drug-likeness (QED) is 0.934. The Kier molecular flexibility index (Phi) is 3.56. The molecular weight excluding hydrogens is 284 g/mol. The van der Waals surface area contributed by atoms with Gasteiger partial charge in [0.1, 0.15) is 0 Å². The second kappa shape index (κ2) is 5.73. The fraction of sp³-hybridized carbons (Fsp3) is 0.350. The molecule has 1 saturated carbocycles. The van der Waals surface area contributed by atoms with Crippen molar-refractivity contribution in [3.63, 3.8) is 0 Å². The van der Waals surface area contributed by atoms with Crippen LogP contribution in [0.1, 0.15) is 24.5 Å². The average Bonchev–Trinajstić information content (AvgIpc) is 3.32. The Morgan fingerprint density at radius 1 is 1.09 bits per heavy atom. The van der Waals surface area contributed by atoms with E-state index < -0.39 is 0 Å². The standard InChI is InChI=1S/C20H22N2O/c1-14-12-17(14)20(23)21-18-8-4-5-9-19(18)22-11-10-15-6-2-3-7-16(15)13-22/h2-9,14,17H,10-13H2,1H3,(H,21,23)/t14-,17+/m1/s1. The van der Waals surface area contributed by atoms with Crippen molar-refractivity contribution in [2.75, 3.05) is 16.8 Å². The molecule has 118 valence electrons. The number of carbonyl (C=O) groups is 1. The van der Waals surface area contributed by atoms with Crippen molar-refractivity contribution in [3.05, 3.63) is 59.7 Å². The van der Waals surface area contributed by atoms with Crippen molar-refractivity contribution < 1.29 is 4.79 Å². The summed E-state index contributed by atoms with van der Waals surface area (Å²) in [6, 6.07) is 16.8. The van der Waals surface area contributed by atoms with Crippen LogP contribution < -0.4 is 10.2 Å². The summed E-state index contributed by atoms with van der Waals surface area (Å²) in [6.07, 6.45) is 2.07. The summed E-state index contributed by atoms with van der Waals surface area (Å²) < 4.78 is 0. The lowest BCUT2D eigenvalue weighted by molar-refractivity contribution is -0.117. The van der Waals surface area contributed by atoms with Crippen LogP contribution >= 0.6 is 0 Å². The summed E-state index contributed by atoms with van der Waals surface area (Å²) in [5.41, 5.74) is 4.90. The zero-order valence-electron chi connectivity index (χ0n) is 13.5. The van der Waals surface area contributed by atoms with Gasteiger partial charge in [0.2, 0.25) is 5.91 Å². The zero-order valence-corrected chi connectivity index (χ0v) is 13.5. The first-order valence-electron chi connectivity index (χ1n) is 8.44. The van der Waals surface area contributed by atoms with Crippen molar-refractivity contribution in [2.24, 2.45) is 11.8 Å². The maximum absolute atomic E-state index is 12.3. The van der Waals surface area contributed by atoms with Crippen LogP contribution in [-0.2, 0) is 17.8 Å². The first kappa shape index (κ1) is 14.3. The minimum absolute atomic E-state index is 0.169. The number of hydrogen-bond acceptors (Lipinski definition) is 2. The van der Waals surface area contributed by atoms with Gasteiger partial charge in [0.05, 0.1) is 11.4 Å². The van der Waals surface area contributed by atoms with Crippen molar-refractivity contribution >= 4 is 17.3 Å². The first-order valence-corrected chi connectivity index (χ1v) is 8.44. The fourth-order valence-electron chi connectivity index (χ4n) is 3.47. The van der Waals surface area contributed by atoms with Gasteiger partial charge in [-0.3, -0.25) is 4.79 Å². The molecule has 1 amide bonds. The summed E-state index contributed by atoms with van der Waals surface area (Å²) >= 11 is 0. The third-order valence-corrected chi connectivity index (χ3v) is 5.08. The molecule has 0 spiro atoms. The molecule has 0 unspecified atom stereocenters. The number of fused-ring (bicyclic) bond motifs is 1. The summed E-state index contributed by atoms with van der Waals surface area (Å²) in [6.45, 7) is 4.03. The Morgan fingerprint density at radius 3 is 2.57 bits per heavy atom. The summed E-state index contributed by atoms with van der Waals surface area (Å²) in [4.78, 5) is 14.7. The summed E-state index contributed by atoms with van der Waals surface area (Å²) in [5.74, 6) is 0.900. The Bertz CT molecular complexity index is 740. The second-order valence-electron chi connectivity index (χ2n) is 6.77. The molecule has 1 fully saturated rings. The van der Waals surface area contributed by atoms with Gasteiger partial charge in [-0.15, -0.1) is 0 Å². The molecule has 23 heavy (non-hydrogen) atoms. The van der Waals surface area contributed by atoms with Gasteiger partial charge in [0.15, 0.2) is 0 Å². The molecule has 2 aromatic carbocycles. The fourth-order valence-corrected chi connectivity index (χ4v) is 3.47. The number of amides is 1. The Labute approximate surface area is 137 Å². The van der Waals surface area contributed by atoms with Gasteiger partial charge >= 0.3 is 0 Å². The highest BCUT2D eigenvalue weighted by atomic mass is 16.2. The van der Waals surface area contributed by atoms with Crippen molar-refractivity contribution in [3.8, 4) is 0 Å². The van der Waals surface area contributed by atoms with E-state index >= 15 is 0 Å². The number of hydrogen-bond donors (Lipinski definition) is 1. The topological polar surface area (TPSA) is 32.3 Å². The number of anilines is 2. The molecular formula is C20H22N2O. The van der Waals surface area contributed by atoms with E-state index in [-0.39, 0.29) is 11.8 Å². The molecule has 2 aliphatic rings. The van der Waals surface area contributed by atoms with E-state index in [1.54, 1.807) is 0 Å². The third-order valence-electron chi connectivity index (χ3n) is 5.08. The molecule has 4 rings (SSSR count). The number of nitrogens with one attached hydrogen (secondary N) is 1. The molecule has 1 heterocycles. The van der Waals surface area contributed by atoms with Crippen molar-refractivity contribution in [1.82, 2.24) is 0 Å². The lowest BCUT2D eigenvalue weighted by Gasteiger charge is -2.32. The van der Waals surface area contributed by atoms with Crippen LogP contribution in [-0.4, -0.2) is 12.5 Å². The maximum Gasteiger partial charge on any atom is 0.227 e. The average molecular weight is 306 g/mol. The van der Waals surface area contributed by atoms with Crippen LogP contribution in [0.4, 0.5) is 11.4 Å². The monoisotopic (exact) mass is 306 g/mol. The minimum Gasteiger partial charge on any atom is -0.365 e. The second-order valence-corrected chi connectivity index (χ2v) is 6.77. The number of nitrogens with zero attached hydrogens (tertiary/aromatic N) is 1. The van der Waals surface area contributed by atoms with Gasteiger partial charge in [-0.1, -0.05) is 43.3 Å². The predicted molar refractivity (Wildman–Crippen MR) is 93.5 cm³/mol. The number of carbonyl (C=O) groups excluding carboxylic acids is 1. The van der Waals surface area contributed by atoms with E-state index in [4.69, 9.17) is 0 Å². The molecule has 0 bridgehead atoms. The molecule has 1 aliphatic carbocycles. The van der Waals surface area contributed by atoms with E-state index in [9.17, 15) is 4.79 Å². The largest absolute Gasteiger partial charge is 0.365 e. The minimum atomic E-state index is 0.169. The van der Waals surface area contributed by atoms with Gasteiger partial charge in [-0.2, -0.15) is 0 Å². The van der Waals surface area contributed by atoms with Crippen LogP contribution in [0.5, 0.6) is 0 Å². The van der Waals surface area contributed by atoms with Gasteiger partial charge in [0.25, 0.3) is 0 Å². The van der Waals surface area contributed by atoms with E-state index in [2.05, 4.69) is 47.5 Å². The van der Waals surface area contributed by atoms with Gasteiger partial charge in [0, 0.05) is 19.0 Å². The molecule has 2 atom stereocenters. The Balaban J connectivity index is 1.56. The molecule has 0 saturated heterocycles. The highest BCUT2D eigenvalue weighted by Gasteiger charge is 2.39. The Hall–Kier alpha value is -2.29. The van der Waals surface area contributed by atoms with E-state index in [0.717, 1.165) is 37.3 Å². The van der Waals surface area contributed by atoms with E-state index in [0.29, 0.717) is 5.92 Å². The molecule has 1 N–H and O–H groups in total. The van der Waals surface area contributed by atoms with Crippen LogP contribution in [0.3, 0.4) is 0 Å². The van der Waals surface area contributed by atoms with Gasteiger partial charge in [-0.05, 0) is 42.0 Å². The number of para-hydroxylation sites is 2. The van der Waals surface area contributed by atoms with Crippen LogP contribution in [0.2, 0.25) is 0 Å². The lowest BCUT2D eigenvalue weighted by atomic mass is 9.99. The van der Waals surface area contributed by atoms with Crippen LogP contribution in [0.25, 0.3) is 0 Å². The van der Waals surface area contributed by atoms with E-state index in [1.165, 1.54) is 11.1 Å². The van der Waals surface area contributed by atoms with Crippen molar-refractivity contribution in [1.29, 1.82) is 0 Å². The molecule has 0 aromatic heterocycles. The van der Waals surface area contributed by atoms with Gasteiger partial charge in [-0.25, -0.2) is 0 Å². The maximum atomic E-state index is 12.3. The summed E-state index contributed by atoms with van der Waals surface area (Å²) in [7, 11) is 0. The normalized spacial score (nSPS) is 22.4. The number of rotatable bonds is 3. The van der Waals surface area contributed by atoms with Crippen LogP contribution in [0, 0.1) is 11.8 Å². The molecule has 2 aromatic rings. The predicted octanol–water partition coefficient (Wildman–Crippen LogP) is 3.84. The zero-order chi connectivity index (χ0) is 15.8. The molecule has 3 heteroatoms. The smallest absolute Gasteiger partial charge is 0.227 e. The Morgan fingerprint density at radius 2 is 1.78 bits per heavy atom. The highest BCUT2D eigenvalue weighted by molar-refractivity contribution is 5.97. The molecule has 3 nitrogen and oxygen atoms in total. The van der Waals surface area contributed by atoms with Gasteiger partial charge < -0.3 is 10.2 Å². The van der Waals surface area contributed by atoms with Crippen LogP contribution in [0.15, 0.2) is 48.5 Å². The first-order chi connectivity index (χ1) is 11.2. The summed E-state index contributed by atoms with van der Waals surface area (Å²) in [5, 5.41) is 3.14. The van der Waals surface area contributed by atoms with E-state index in [1.807, 2.05) is 18.2 Å². The van der Waals surface area contributed by atoms with Crippen molar-refractivity contribution in [2.45, 2.75) is 26.3 Å². The molecule has 1 aliphatic heterocycles. The number of benzene rings is 2. The lowest BCUT2D eigenvalue weighted by Crippen LogP contribution is -2.31. The third kappa shape index (κ3) is 2.83. The SMILES string of the molecule is C[C@@H]1C[C@@H]1C(=O)Nc1ccccc1N1CCc2ccccc2C1. The highest BCUT2D eigenvalue weighted by Crippen LogP contribution is 2.39. The molecule has 0 radical (unpaired) electrons.